The van der Waals surface area contributed by atoms with E-state index in [1.54, 1.807) is 0 Å². The Morgan fingerprint density at radius 1 is 1.36 bits per heavy atom. The summed E-state index contributed by atoms with van der Waals surface area (Å²) in [6, 6.07) is 0. The number of carboxylic acids is 1. The van der Waals surface area contributed by atoms with Crippen LogP contribution in [-0.4, -0.2) is 32.2 Å². The summed E-state index contributed by atoms with van der Waals surface area (Å²) >= 11 is 0. The monoisotopic (exact) mass is 196 g/mol. The fourth-order valence-corrected chi connectivity index (χ4v) is 0.812. The van der Waals surface area contributed by atoms with Gasteiger partial charge in [0.25, 0.3) is 0 Å². The summed E-state index contributed by atoms with van der Waals surface area (Å²) in [5, 5.41) is 17.7. The largest absolute Gasteiger partial charge is 0.476 e. The SMILES string of the molecule is CC(=O)Nc1nnc(C(=O)O)c(C)n1. The quantitative estimate of drug-likeness (QED) is 0.680. The smallest absolute Gasteiger partial charge is 0.358 e. The van der Waals surface area contributed by atoms with Crippen LogP contribution in [-0.2, 0) is 4.79 Å². The van der Waals surface area contributed by atoms with Crippen molar-refractivity contribution in [3.8, 4) is 0 Å². The first-order valence-electron chi connectivity index (χ1n) is 3.73. The molecule has 0 aromatic carbocycles. The van der Waals surface area contributed by atoms with Crippen molar-refractivity contribution in [3.05, 3.63) is 11.4 Å². The summed E-state index contributed by atoms with van der Waals surface area (Å²) < 4.78 is 0. The number of aromatic nitrogens is 3. The lowest BCUT2D eigenvalue weighted by Gasteiger charge is -2.01. The van der Waals surface area contributed by atoms with Crippen molar-refractivity contribution in [2.45, 2.75) is 13.8 Å². The van der Waals surface area contributed by atoms with Crippen LogP contribution in [0.5, 0.6) is 0 Å². The molecule has 0 spiro atoms. The highest BCUT2D eigenvalue weighted by Gasteiger charge is 2.12. The minimum absolute atomic E-state index is 0.000000000000000222. The Hall–Kier alpha value is -2.05. The van der Waals surface area contributed by atoms with E-state index in [1.165, 1.54) is 13.8 Å². The van der Waals surface area contributed by atoms with E-state index >= 15 is 0 Å². The van der Waals surface area contributed by atoms with Crippen LogP contribution in [0.1, 0.15) is 23.1 Å². The molecular formula is C7H8N4O3. The van der Waals surface area contributed by atoms with Crippen LogP contribution in [0.25, 0.3) is 0 Å². The van der Waals surface area contributed by atoms with E-state index in [2.05, 4.69) is 20.5 Å². The molecular weight excluding hydrogens is 188 g/mol. The van der Waals surface area contributed by atoms with E-state index in [0.29, 0.717) is 0 Å². The molecule has 0 unspecified atom stereocenters. The van der Waals surface area contributed by atoms with Crippen LogP contribution >= 0.6 is 0 Å². The first-order chi connectivity index (χ1) is 6.50. The Labute approximate surface area is 79.2 Å². The summed E-state index contributed by atoms with van der Waals surface area (Å²) in [5.41, 5.74) is -0.0182. The second-order valence-electron chi connectivity index (χ2n) is 2.56. The average Bonchev–Trinajstić information content (AvgIpc) is 2.01. The van der Waals surface area contributed by atoms with Crippen LogP contribution in [0.15, 0.2) is 0 Å². The molecule has 0 aliphatic rings. The molecule has 1 aromatic heterocycles. The molecule has 7 nitrogen and oxygen atoms in total. The summed E-state index contributed by atoms with van der Waals surface area (Å²) in [4.78, 5) is 24.9. The third-order valence-electron chi connectivity index (χ3n) is 1.35. The third-order valence-corrected chi connectivity index (χ3v) is 1.35. The number of aromatic carboxylic acids is 1. The van der Waals surface area contributed by atoms with Gasteiger partial charge in [0, 0.05) is 6.92 Å². The topological polar surface area (TPSA) is 105 Å². The van der Waals surface area contributed by atoms with Gasteiger partial charge in [-0.2, -0.15) is 0 Å². The number of nitrogens with zero attached hydrogens (tertiary/aromatic N) is 3. The van der Waals surface area contributed by atoms with Gasteiger partial charge in [-0.15, -0.1) is 10.2 Å². The van der Waals surface area contributed by atoms with E-state index in [1.807, 2.05) is 0 Å². The van der Waals surface area contributed by atoms with Gasteiger partial charge < -0.3 is 5.11 Å². The molecule has 0 saturated heterocycles. The summed E-state index contributed by atoms with van der Waals surface area (Å²) in [6.45, 7) is 2.77. The average molecular weight is 196 g/mol. The minimum Gasteiger partial charge on any atom is -0.476 e. The molecule has 1 amide bonds. The molecule has 0 aliphatic heterocycles. The van der Waals surface area contributed by atoms with E-state index in [-0.39, 0.29) is 23.2 Å². The molecule has 74 valence electrons. The molecule has 1 heterocycles. The van der Waals surface area contributed by atoms with Gasteiger partial charge >= 0.3 is 5.97 Å². The first-order valence-corrected chi connectivity index (χ1v) is 3.73. The van der Waals surface area contributed by atoms with Gasteiger partial charge in [-0.1, -0.05) is 0 Å². The van der Waals surface area contributed by atoms with Gasteiger partial charge in [0.05, 0.1) is 5.69 Å². The van der Waals surface area contributed by atoms with Crippen LogP contribution in [0.4, 0.5) is 5.95 Å². The van der Waals surface area contributed by atoms with E-state index in [0.717, 1.165) is 0 Å². The zero-order valence-electron chi connectivity index (χ0n) is 7.61. The Balaban J connectivity index is 3.00. The van der Waals surface area contributed by atoms with Gasteiger partial charge in [0.15, 0.2) is 5.69 Å². The molecule has 0 saturated carbocycles. The van der Waals surface area contributed by atoms with Gasteiger partial charge in [0.1, 0.15) is 0 Å². The normalized spacial score (nSPS) is 9.57. The maximum atomic E-state index is 10.6. The maximum absolute atomic E-state index is 10.6. The number of nitrogens with one attached hydrogen (secondary N) is 1. The van der Waals surface area contributed by atoms with Gasteiger partial charge in [-0.25, -0.2) is 9.78 Å². The highest BCUT2D eigenvalue weighted by atomic mass is 16.4. The second-order valence-corrected chi connectivity index (χ2v) is 2.56. The van der Waals surface area contributed by atoms with Crippen molar-refractivity contribution in [2.75, 3.05) is 5.32 Å². The number of anilines is 1. The Morgan fingerprint density at radius 3 is 2.43 bits per heavy atom. The molecule has 0 fully saturated rings. The first kappa shape index (κ1) is 10.0. The van der Waals surface area contributed by atoms with Crippen LogP contribution < -0.4 is 5.32 Å². The fourth-order valence-electron chi connectivity index (χ4n) is 0.812. The summed E-state index contributed by atoms with van der Waals surface area (Å²) in [6.07, 6.45) is 0. The fraction of sp³-hybridized carbons (Fsp3) is 0.286. The number of rotatable bonds is 2. The highest BCUT2D eigenvalue weighted by Crippen LogP contribution is 2.03. The van der Waals surface area contributed by atoms with E-state index in [4.69, 9.17) is 5.11 Å². The zero-order valence-corrected chi connectivity index (χ0v) is 7.61. The number of aryl methyl sites for hydroxylation is 1. The number of amides is 1. The molecule has 1 aromatic rings. The van der Waals surface area contributed by atoms with Crippen LogP contribution in [0, 0.1) is 6.92 Å². The lowest BCUT2D eigenvalue weighted by atomic mass is 10.3. The molecule has 0 atom stereocenters. The number of carboxylic acid groups (broad SMARTS) is 1. The number of hydrogen-bond acceptors (Lipinski definition) is 5. The number of hydrogen-bond donors (Lipinski definition) is 2. The van der Waals surface area contributed by atoms with Crippen molar-refractivity contribution >= 4 is 17.8 Å². The molecule has 1 rings (SSSR count). The van der Waals surface area contributed by atoms with E-state index < -0.39 is 5.97 Å². The predicted molar refractivity (Wildman–Crippen MR) is 45.8 cm³/mol. The molecule has 0 radical (unpaired) electrons. The number of carbonyl (C=O) groups excluding carboxylic acids is 1. The van der Waals surface area contributed by atoms with Crippen molar-refractivity contribution in [2.24, 2.45) is 0 Å². The van der Waals surface area contributed by atoms with Crippen LogP contribution in [0.2, 0.25) is 0 Å². The van der Waals surface area contributed by atoms with Gasteiger partial charge in [-0.3, -0.25) is 10.1 Å². The standard InChI is InChI=1S/C7H8N4O3/c1-3-5(6(13)14)10-11-7(8-3)9-4(2)12/h1-2H3,(H,13,14)(H,8,9,11,12). The summed E-state index contributed by atoms with van der Waals surface area (Å²) in [5.74, 6) is -1.54. The zero-order chi connectivity index (χ0) is 10.7. The molecule has 0 bridgehead atoms. The molecule has 14 heavy (non-hydrogen) atoms. The van der Waals surface area contributed by atoms with E-state index in [9.17, 15) is 9.59 Å². The minimum atomic E-state index is -1.20. The molecule has 7 heteroatoms. The third kappa shape index (κ3) is 2.22. The maximum Gasteiger partial charge on any atom is 0.358 e. The van der Waals surface area contributed by atoms with Crippen molar-refractivity contribution < 1.29 is 14.7 Å². The lowest BCUT2D eigenvalue weighted by molar-refractivity contribution is -0.114. The Morgan fingerprint density at radius 2 is 2.00 bits per heavy atom. The number of carbonyl (C=O) groups is 2. The lowest BCUT2D eigenvalue weighted by Crippen LogP contribution is -2.14. The van der Waals surface area contributed by atoms with Gasteiger partial charge in [0.2, 0.25) is 11.9 Å². The van der Waals surface area contributed by atoms with Gasteiger partial charge in [-0.05, 0) is 6.92 Å². The second kappa shape index (κ2) is 3.77. The Bertz CT molecular complexity index is 391. The highest BCUT2D eigenvalue weighted by molar-refractivity contribution is 5.88. The van der Waals surface area contributed by atoms with Crippen molar-refractivity contribution in [3.63, 3.8) is 0 Å². The molecule has 0 aliphatic carbocycles. The van der Waals surface area contributed by atoms with Crippen molar-refractivity contribution in [1.29, 1.82) is 0 Å². The van der Waals surface area contributed by atoms with Crippen molar-refractivity contribution in [1.82, 2.24) is 15.2 Å². The summed E-state index contributed by atoms with van der Waals surface area (Å²) in [7, 11) is 0. The predicted octanol–water partition coefficient (Wildman–Crippen LogP) is -0.163. The molecule has 2 N–H and O–H groups in total. The van der Waals surface area contributed by atoms with Crippen LogP contribution in [0.3, 0.4) is 0 Å². The Kier molecular flexibility index (Phi) is 2.70.